The second-order valence-corrected chi connectivity index (χ2v) is 6.72. The van der Waals surface area contributed by atoms with Crippen molar-refractivity contribution in [2.45, 2.75) is 19.0 Å². The molecular formula is C21H24N4O3S. The third-order valence-electron chi connectivity index (χ3n) is 4.00. The average Bonchev–Trinajstić information content (AvgIpc) is 2.70. The van der Waals surface area contributed by atoms with Crippen LogP contribution in [0.2, 0.25) is 0 Å². The molecule has 0 aliphatic carbocycles. The molecular weight excluding hydrogens is 388 g/mol. The molecule has 0 radical (unpaired) electrons. The van der Waals surface area contributed by atoms with Gasteiger partial charge in [-0.2, -0.15) is 0 Å². The third-order valence-corrected chi connectivity index (χ3v) is 4.25. The summed E-state index contributed by atoms with van der Waals surface area (Å²) in [6.45, 7) is 4.59. The number of nitrogens with two attached hydrogens (primary N) is 1. The summed E-state index contributed by atoms with van der Waals surface area (Å²) in [5.74, 6) is -1.68. The molecule has 0 aliphatic rings. The van der Waals surface area contributed by atoms with Gasteiger partial charge in [0, 0.05) is 23.5 Å². The zero-order chi connectivity index (χ0) is 21.1. The summed E-state index contributed by atoms with van der Waals surface area (Å²) in [6.07, 6.45) is 1.49. The zero-order valence-corrected chi connectivity index (χ0v) is 16.7. The van der Waals surface area contributed by atoms with E-state index in [-0.39, 0.29) is 6.42 Å². The Morgan fingerprint density at radius 3 is 2.45 bits per heavy atom. The van der Waals surface area contributed by atoms with Crippen LogP contribution in [0.5, 0.6) is 0 Å². The highest BCUT2D eigenvalue weighted by molar-refractivity contribution is 7.80. The van der Waals surface area contributed by atoms with E-state index in [9.17, 15) is 14.7 Å². The van der Waals surface area contributed by atoms with Crippen molar-refractivity contribution < 1.29 is 20.0 Å². The number of hydrogen-bond acceptors (Lipinski definition) is 4. The van der Waals surface area contributed by atoms with Gasteiger partial charge in [-0.1, -0.05) is 42.5 Å². The molecule has 2 rings (SSSR count). The molecule has 0 spiro atoms. The number of carboxylic acid groups (broad SMARTS) is 1. The lowest BCUT2D eigenvalue weighted by Gasteiger charge is -2.17. The molecule has 29 heavy (non-hydrogen) atoms. The zero-order valence-electron chi connectivity index (χ0n) is 15.9. The van der Waals surface area contributed by atoms with Crippen LogP contribution >= 0.6 is 12.2 Å². The summed E-state index contributed by atoms with van der Waals surface area (Å²) >= 11 is 5.15. The monoisotopic (exact) mass is 412 g/mol. The smallest absolute Gasteiger partial charge is 0.230 e. The number of aliphatic carboxylic acids is 1. The minimum atomic E-state index is -1.27. The Morgan fingerprint density at radius 1 is 1.10 bits per heavy atom. The molecule has 0 bridgehead atoms. The summed E-state index contributed by atoms with van der Waals surface area (Å²) in [7, 11) is 0. The fourth-order valence-corrected chi connectivity index (χ4v) is 2.78. The van der Waals surface area contributed by atoms with Gasteiger partial charge in [-0.3, -0.25) is 4.79 Å². The van der Waals surface area contributed by atoms with Crippen molar-refractivity contribution in [2.75, 3.05) is 17.2 Å². The third kappa shape index (κ3) is 8.12. The Labute approximate surface area is 175 Å². The van der Waals surface area contributed by atoms with Crippen molar-refractivity contribution >= 4 is 40.6 Å². The quantitative estimate of drug-likeness (QED) is 0.332. The summed E-state index contributed by atoms with van der Waals surface area (Å²) in [5, 5.41) is 22.1. The van der Waals surface area contributed by atoms with Gasteiger partial charge in [-0.15, -0.1) is 6.58 Å². The van der Waals surface area contributed by atoms with E-state index in [4.69, 9.17) is 12.2 Å². The standard InChI is InChI=1S/C21H24N4O3S/c1-2-11-22-21(29)25-17-10-6-9-16(12-17)24-19(26)13-18(20(27)28)23-14-15-7-4-3-5-8-15/h2-10,12,18,23H,1,11,13-14H2,(H,24,26)(H,27,28)(H2,22,25,29)/t18-/m1/s1. The first-order chi connectivity index (χ1) is 14.0. The van der Waals surface area contributed by atoms with Crippen LogP contribution in [0.3, 0.4) is 0 Å². The van der Waals surface area contributed by atoms with Crippen molar-refractivity contribution in [3.05, 3.63) is 72.8 Å². The van der Waals surface area contributed by atoms with Crippen LogP contribution in [0, 0.1) is 0 Å². The van der Waals surface area contributed by atoms with E-state index in [1.54, 1.807) is 35.7 Å². The maximum atomic E-state index is 12.3. The SMILES string of the molecule is C=CCNC(=S)Nc1cccc(NC(=O)C[C@@H]([NH2+]Cc2ccccc2)C(=O)[O-])c1. The Bertz CT molecular complexity index is 858. The number of hydrogen-bond donors (Lipinski definition) is 4. The van der Waals surface area contributed by atoms with Gasteiger partial charge in [-0.05, 0) is 30.4 Å². The van der Waals surface area contributed by atoms with E-state index < -0.39 is 17.9 Å². The number of anilines is 2. The molecule has 1 amide bonds. The predicted molar refractivity (Wildman–Crippen MR) is 115 cm³/mol. The number of nitrogens with one attached hydrogen (secondary N) is 3. The first-order valence-corrected chi connectivity index (χ1v) is 9.52. The Hall–Kier alpha value is -3.23. The van der Waals surface area contributed by atoms with Crippen molar-refractivity contribution in [2.24, 2.45) is 0 Å². The van der Waals surface area contributed by atoms with Crippen molar-refractivity contribution in [3.63, 3.8) is 0 Å². The lowest BCUT2D eigenvalue weighted by atomic mass is 10.1. The van der Waals surface area contributed by atoms with Gasteiger partial charge >= 0.3 is 0 Å². The maximum absolute atomic E-state index is 12.3. The van der Waals surface area contributed by atoms with Gasteiger partial charge < -0.3 is 31.2 Å². The van der Waals surface area contributed by atoms with E-state index in [2.05, 4.69) is 22.5 Å². The van der Waals surface area contributed by atoms with Gasteiger partial charge in [0.05, 0.1) is 12.4 Å². The summed E-state index contributed by atoms with van der Waals surface area (Å²) < 4.78 is 0. The van der Waals surface area contributed by atoms with Gasteiger partial charge in [0.15, 0.2) is 5.11 Å². The minimum Gasteiger partial charge on any atom is -0.544 e. The lowest BCUT2D eigenvalue weighted by Crippen LogP contribution is -2.92. The first kappa shape index (κ1) is 22.1. The van der Waals surface area contributed by atoms with Crippen LogP contribution in [0.25, 0.3) is 0 Å². The van der Waals surface area contributed by atoms with Crippen LogP contribution in [-0.2, 0) is 16.1 Å². The van der Waals surface area contributed by atoms with Gasteiger partial charge in [0.25, 0.3) is 0 Å². The molecule has 1 atom stereocenters. The fourth-order valence-electron chi connectivity index (χ4n) is 2.58. The van der Waals surface area contributed by atoms with Crippen LogP contribution in [0.4, 0.5) is 11.4 Å². The highest BCUT2D eigenvalue weighted by atomic mass is 32.1. The van der Waals surface area contributed by atoms with Crippen LogP contribution in [-0.4, -0.2) is 29.6 Å². The molecule has 0 unspecified atom stereocenters. The molecule has 2 aromatic carbocycles. The summed E-state index contributed by atoms with van der Waals surface area (Å²) in [4.78, 5) is 23.7. The van der Waals surface area contributed by atoms with E-state index in [1.165, 1.54) is 0 Å². The van der Waals surface area contributed by atoms with Crippen molar-refractivity contribution in [3.8, 4) is 0 Å². The number of carbonyl (C=O) groups excluding carboxylic acids is 2. The van der Waals surface area contributed by atoms with Crippen LogP contribution in [0.1, 0.15) is 12.0 Å². The highest BCUT2D eigenvalue weighted by Gasteiger charge is 2.18. The molecule has 0 aromatic heterocycles. The number of rotatable bonds is 10. The molecule has 0 fully saturated rings. The van der Waals surface area contributed by atoms with Crippen LogP contribution < -0.4 is 26.4 Å². The Kier molecular flexibility index (Phi) is 8.81. The van der Waals surface area contributed by atoms with E-state index in [1.807, 2.05) is 30.3 Å². The van der Waals surface area contributed by atoms with E-state index >= 15 is 0 Å². The number of amides is 1. The van der Waals surface area contributed by atoms with Crippen molar-refractivity contribution in [1.82, 2.24) is 5.32 Å². The van der Waals surface area contributed by atoms with Gasteiger partial charge in [0.2, 0.25) is 5.91 Å². The molecule has 0 saturated carbocycles. The van der Waals surface area contributed by atoms with E-state index in [0.717, 1.165) is 5.56 Å². The average molecular weight is 413 g/mol. The first-order valence-electron chi connectivity index (χ1n) is 9.11. The number of carbonyl (C=O) groups is 2. The Balaban J connectivity index is 1.90. The highest BCUT2D eigenvalue weighted by Crippen LogP contribution is 2.15. The topological polar surface area (TPSA) is 110 Å². The van der Waals surface area contributed by atoms with Gasteiger partial charge in [-0.25, -0.2) is 0 Å². The summed E-state index contributed by atoms with van der Waals surface area (Å²) in [6, 6.07) is 15.4. The van der Waals surface area contributed by atoms with Gasteiger partial charge in [0.1, 0.15) is 12.6 Å². The fraction of sp³-hybridized carbons (Fsp3) is 0.190. The van der Waals surface area contributed by atoms with E-state index in [0.29, 0.717) is 29.6 Å². The molecule has 8 heteroatoms. The largest absolute Gasteiger partial charge is 0.544 e. The normalized spacial score (nSPS) is 11.2. The molecule has 2 aromatic rings. The molecule has 0 aliphatic heterocycles. The number of thiocarbonyl (C=S) groups is 1. The predicted octanol–water partition coefficient (Wildman–Crippen LogP) is 0.370. The maximum Gasteiger partial charge on any atom is 0.230 e. The number of carboxylic acids is 1. The van der Waals surface area contributed by atoms with Crippen LogP contribution in [0.15, 0.2) is 67.3 Å². The molecule has 152 valence electrons. The summed E-state index contributed by atoms with van der Waals surface area (Å²) in [5.41, 5.74) is 2.20. The molecule has 7 nitrogen and oxygen atoms in total. The molecule has 0 heterocycles. The van der Waals surface area contributed by atoms with Crippen molar-refractivity contribution in [1.29, 1.82) is 0 Å². The second-order valence-electron chi connectivity index (χ2n) is 6.31. The minimum absolute atomic E-state index is 0.202. The lowest BCUT2D eigenvalue weighted by molar-refractivity contribution is -0.697. The second kappa shape index (κ2) is 11.6. The molecule has 5 N–H and O–H groups in total. The number of benzene rings is 2. The molecule has 0 saturated heterocycles. The number of quaternary nitrogens is 1. The Morgan fingerprint density at radius 2 is 1.79 bits per heavy atom.